The fraction of sp³-hybridized carbons (Fsp3) is 0.625. The highest BCUT2D eigenvalue weighted by molar-refractivity contribution is 7.89. The van der Waals surface area contributed by atoms with Gasteiger partial charge in [-0.2, -0.15) is 4.31 Å². The predicted molar refractivity (Wildman–Crippen MR) is 85.6 cm³/mol. The average Bonchev–Trinajstić information content (AvgIpc) is 2.40. The predicted octanol–water partition coefficient (Wildman–Crippen LogP) is 2.38. The van der Waals surface area contributed by atoms with Crippen LogP contribution in [0.3, 0.4) is 0 Å². The minimum atomic E-state index is -3.38. The van der Waals surface area contributed by atoms with Gasteiger partial charge in [0.1, 0.15) is 0 Å². The average molecular weight is 310 g/mol. The van der Waals surface area contributed by atoms with E-state index in [0.29, 0.717) is 36.4 Å². The third-order valence-electron chi connectivity index (χ3n) is 4.16. The van der Waals surface area contributed by atoms with E-state index in [1.807, 2.05) is 26.1 Å². The molecule has 1 aliphatic rings. The van der Waals surface area contributed by atoms with Crippen LogP contribution in [0.1, 0.15) is 31.4 Å². The van der Waals surface area contributed by atoms with Crippen LogP contribution in [0.2, 0.25) is 0 Å². The van der Waals surface area contributed by atoms with Crippen LogP contribution >= 0.6 is 0 Å². The molecule has 2 atom stereocenters. The Hall–Kier alpha value is -0.910. The summed E-state index contributed by atoms with van der Waals surface area (Å²) < 4.78 is 27.4. The van der Waals surface area contributed by atoms with Crippen molar-refractivity contribution in [1.29, 1.82) is 0 Å². The van der Waals surface area contributed by atoms with Crippen LogP contribution in [0.15, 0.2) is 23.1 Å². The number of rotatable bonds is 4. The molecule has 0 saturated carbocycles. The van der Waals surface area contributed by atoms with Gasteiger partial charge in [-0.3, -0.25) is 0 Å². The molecule has 0 aliphatic carbocycles. The number of aryl methyl sites for hydroxylation is 1. The van der Waals surface area contributed by atoms with E-state index < -0.39 is 10.0 Å². The van der Waals surface area contributed by atoms with E-state index in [-0.39, 0.29) is 0 Å². The first-order valence-corrected chi connectivity index (χ1v) is 9.03. The van der Waals surface area contributed by atoms with Crippen LogP contribution in [-0.2, 0) is 16.6 Å². The summed E-state index contributed by atoms with van der Waals surface area (Å²) in [6.07, 6.45) is 1.10. The first-order chi connectivity index (χ1) is 9.84. The number of hydrogen-bond donors (Lipinski definition) is 1. The van der Waals surface area contributed by atoms with Crippen molar-refractivity contribution in [2.75, 3.05) is 20.1 Å². The summed E-state index contributed by atoms with van der Waals surface area (Å²) in [6.45, 7) is 8.19. The molecule has 2 unspecified atom stereocenters. The van der Waals surface area contributed by atoms with Crippen LogP contribution in [-0.4, -0.2) is 32.9 Å². The van der Waals surface area contributed by atoms with E-state index in [2.05, 4.69) is 19.2 Å². The van der Waals surface area contributed by atoms with E-state index in [1.54, 1.807) is 10.4 Å². The van der Waals surface area contributed by atoms with Crippen molar-refractivity contribution in [3.8, 4) is 0 Å². The van der Waals surface area contributed by atoms with Crippen molar-refractivity contribution >= 4 is 10.0 Å². The van der Waals surface area contributed by atoms with Gasteiger partial charge in [-0.05, 0) is 55.5 Å². The second-order valence-electron chi connectivity index (χ2n) is 6.39. The van der Waals surface area contributed by atoms with Crippen molar-refractivity contribution in [2.24, 2.45) is 11.8 Å². The molecule has 0 radical (unpaired) electrons. The van der Waals surface area contributed by atoms with Crippen LogP contribution < -0.4 is 5.32 Å². The van der Waals surface area contributed by atoms with Crippen molar-refractivity contribution in [1.82, 2.24) is 9.62 Å². The third kappa shape index (κ3) is 3.65. The summed E-state index contributed by atoms with van der Waals surface area (Å²) in [5.41, 5.74) is 2.15. The number of sulfonamides is 1. The second kappa shape index (κ2) is 6.46. The van der Waals surface area contributed by atoms with Crippen molar-refractivity contribution in [2.45, 2.75) is 38.6 Å². The molecule has 0 bridgehead atoms. The maximum absolute atomic E-state index is 12.9. The quantitative estimate of drug-likeness (QED) is 0.929. The maximum Gasteiger partial charge on any atom is 0.243 e. The van der Waals surface area contributed by atoms with Gasteiger partial charge in [0.15, 0.2) is 0 Å². The molecule has 1 fully saturated rings. The second-order valence-corrected chi connectivity index (χ2v) is 8.32. The van der Waals surface area contributed by atoms with Crippen LogP contribution in [0, 0.1) is 18.8 Å². The zero-order chi connectivity index (χ0) is 15.6. The van der Waals surface area contributed by atoms with E-state index in [0.717, 1.165) is 17.5 Å². The van der Waals surface area contributed by atoms with E-state index in [9.17, 15) is 8.42 Å². The fourth-order valence-corrected chi connectivity index (χ4v) is 4.87. The molecule has 1 aromatic rings. The number of nitrogens with one attached hydrogen (secondary N) is 1. The number of nitrogens with zero attached hydrogens (tertiary/aromatic N) is 1. The van der Waals surface area contributed by atoms with Gasteiger partial charge in [-0.25, -0.2) is 8.42 Å². The Kier molecular flexibility index (Phi) is 5.07. The lowest BCUT2D eigenvalue weighted by Gasteiger charge is -2.34. The van der Waals surface area contributed by atoms with Gasteiger partial charge in [0.2, 0.25) is 10.0 Å². The van der Waals surface area contributed by atoms with Gasteiger partial charge >= 0.3 is 0 Å². The first kappa shape index (κ1) is 16.5. The lowest BCUT2D eigenvalue weighted by atomic mass is 9.94. The molecule has 1 aromatic carbocycles. The SMILES string of the molecule is CNCc1cc(S(=O)(=O)N2CC(C)CC(C)C2)ccc1C. The smallest absolute Gasteiger partial charge is 0.243 e. The lowest BCUT2D eigenvalue weighted by molar-refractivity contribution is 0.222. The highest BCUT2D eigenvalue weighted by atomic mass is 32.2. The molecular weight excluding hydrogens is 284 g/mol. The standard InChI is InChI=1S/C16H26N2O2S/c1-12-7-13(2)11-18(10-12)21(19,20)16-6-5-14(3)15(8-16)9-17-4/h5-6,8,12-13,17H,7,9-11H2,1-4H3. The molecule has 1 saturated heterocycles. The van der Waals surface area contributed by atoms with E-state index in [4.69, 9.17) is 0 Å². The molecule has 0 spiro atoms. The Bertz CT molecular complexity index is 588. The Morgan fingerprint density at radius 3 is 2.43 bits per heavy atom. The zero-order valence-corrected chi connectivity index (χ0v) is 14.2. The van der Waals surface area contributed by atoms with E-state index in [1.165, 1.54) is 0 Å². The molecular formula is C16H26N2O2S. The highest BCUT2D eigenvalue weighted by Gasteiger charge is 2.31. The summed E-state index contributed by atoms with van der Waals surface area (Å²) in [5, 5.41) is 3.09. The normalized spacial score (nSPS) is 24.2. The lowest BCUT2D eigenvalue weighted by Crippen LogP contribution is -2.42. The molecule has 0 aromatic heterocycles. The van der Waals surface area contributed by atoms with Crippen molar-refractivity contribution in [3.05, 3.63) is 29.3 Å². The number of benzene rings is 1. The molecule has 1 heterocycles. The first-order valence-electron chi connectivity index (χ1n) is 7.59. The summed E-state index contributed by atoms with van der Waals surface area (Å²) in [6, 6.07) is 5.44. The van der Waals surface area contributed by atoms with Crippen LogP contribution in [0.25, 0.3) is 0 Å². The van der Waals surface area contributed by atoms with Gasteiger partial charge in [-0.15, -0.1) is 0 Å². The highest BCUT2D eigenvalue weighted by Crippen LogP contribution is 2.27. The van der Waals surface area contributed by atoms with Crippen molar-refractivity contribution < 1.29 is 8.42 Å². The largest absolute Gasteiger partial charge is 0.316 e. The summed E-state index contributed by atoms with van der Waals surface area (Å²) >= 11 is 0. The molecule has 1 aliphatic heterocycles. The maximum atomic E-state index is 12.9. The minimum absolute atomic E-state index is 0.416. The molecule has 0 amide bonds. The third-order valence-corrected chi connectivity index (χ3v) is 5.99. The summed E-state index contributed by atoms with van der Waals surface area (Å²) in [4.78, 5) is 0.416. The summed E-state index contributed by atoms with van der Waals surface area (Å²) in [7, 11) is -1.51. The van der Waals surface area contributed by atoms with Gasteiger partial charge in [-0.1, -0.05) is 19.9 Å². The Morgan fingerprint density at radius 1 is 1.24 bits per heavy atom. The van der Waals surface area contributed by atoms with Gasteiger partial charge in [0, 0.05) is 19.6 Å². The van der Waals surface area contributed by atoms with Crippen LogP contribution in [0.4, 0.5) is 0 Å². The summed E-state index contributed by atoms with van der Waals surface area (Å²) in [5.74, 6) is 0.844. The topological polar surface area (TPSA) is 49.4 Å². The minimum Gasteiger partial charge on any atom is -0.316 e. The van der Waals surface area contributed by atoms with Crippen LogP contribution in [0.5, 0.6) is 0 Å². The van der Waals surface area contributed by atoms with Gasteiger partial charge in [0.05, 0.1) is 4.90 Å². The molecule has 118 valence electrons. The Labute approximate surface area is 128 Å². The molecule has 21 heavy (non-hydrogen) atoms. The Balaban J connectivity index is 2.33. The van der Waals surface area contributed by atoms with Crippen molar-refractivity contribution in [3.63, 3.8) is 0 Å². The molecule has 5 heteroatoms. The Morgan fingerprint density at radius 2 is 1.86 bits per heavy atom. The monoisotopic (exact) mass is 310 g/mol. The molecule has 2 rings (SSSR count). The van der Waals surface area contributed by atoms with Gasteiger partial charge in [0.25, 0.3) is 0 Å². The number of piperidine rings is 1. The zero-order valence-electron chi connectivity index (χ0n) is 13.4. The van der Waals surface area contributed by atoms with E-state index >= 15 is 0 Å². The molecule has 1 N–H and O–H groups in total. The number of hydrogen-bond acceptors (Lipinski definition) is 3. The fourth-order valence-electron chi connectivity index (χ4n) is 3.14. The molecule has 4 nitrogen and oxygen atoms in total. The van der Waals surface area contributed by atoms with Gasteiger partial charge < -0.3 is 5.32 Å².